The van der Waals surface area contributed by atoms with E-state index >= 15 is 0 Å². The number of allylic oxidation sites excluding steroid dienone is 4. The van der Waals surface area contributed by atoms with Crippen LogP contribution in [0.4, 0.5) is 0 Å². The van der Waals surface area contributed by atoms with Gasteiger partial charge in [-0.15, -0.1) is 0 Å². The minimum atomic E-state index is -4.97. The number of phosphoric acid groups is 2. The Morgan fingerprint density at radius 3 is 0.810 bits per heavy atom. The summed E-state index contributed by atoms with van der Waals surface area (Å²) in [5.41, 5.74) is 0. The van der Waals surface area contributed by atoms with E-state index in [0.717, 1.165) is 120 Å². The number of aliphatic hydroxyl groups is 1. The standard InChI is InChI=1S/C81H154O17P2/c1-8-9-10-11-12-13-14-15-16-22-28-35-43-50-57-64-80(85)98-77(69-92-79(84)63-56-49-42-37-30-33-40-47-54-61-74(6)7)71-96-100(89,90)94-67-75(82)66-93-99(87,88)95-70-76(68-91-78(83)62-55-48-41-34-27-24-19-21-26-32-39-46-53-60-73(4)5)97-81(86)65-58-51-44-36-29-23-18-17-20-25-31-38-45-52-59-72(2)3/h13-16,72-77,82H,8-12,17-71H2,1-7H3,(H,87,88)(H,89,90)/b14-13-,16-15-/t75-,76-,77-/m1/s1. The molecule has 2 unspecified atom stereocenters. The van der Waals surface area contributed by atoms with Crippen molar-refractivity contribution < 1.29 is 80.2 Å². The maximum Gasteiger partial charge on any atom is 0.472 e. The third-order valence-corrected chi connectivity index (χ3v) is 20.2. The third kappa shape index (κ3) is 73.8. The van der Waals surface area contributed by atoms with Gasteiger partial charge in [0.05, 0.1) is 26.4 Å². The molecule has 19 heteroatoms. The van der Waals surface area contributed by atoms with E-state index in [9.17, 15) is 43.2 Å². The molecule has 0 fully saturated rings. The molecule has 0 aromatic carbocycles. The van der Waals surface area contributed by atoms with E-state index in [1.165, 1.54) is 193 Å². The van der Waals surface area contributed by atoms with Gasteiger partial charge >= 0.3 is 39.5 Å². The van der Waals surface area contributed by atoms with Crippen molar-refractivity contribution in [1.82, 2.24) is 0 Å². The number of rotatable bonds is 77. The molecule has 0 amide bonds. The third-order valence-electron chi connectivity index (χ3n) is 18.3. The molecule has 0 aliphatic heterocycles. The quantitative estimate of drug-likeness (QED) is 0.0169. The van der Waals surface area contributed by atoms with Gasteiger partial charge in [-0.25, -0.2) is 9.13 Å². The number of carbonyl (C=O) groups excluding carboxylic acids is 4. The fraction of sp³-hybridized carbons (Fsp3) is 0.901. The minimum absolute atomic E-state index is 0.0846. The van der Waals surface area contributed by atoms with E-state index < -0.39 is 97.5 Å². The lowest BCUT2D eigenvalue weighted by Gasteiger charge is -2.21. The summed E-state index contributed by atoms with van der Waals surface area (Å²) in [5.74, 6) is 0.184. The number of aliphatic hydroxyl groups excluding tert-OH is 1. The Morgan fingerprint density at radius 2 is 0.540 bits per heavy atom. The second-order valence-corrected chi connectivity index (χ2v) is 32.8. The monoisotopic (exact) mass is 1460 g/mol. The van der Waals surface area contributed by atoms with Crippen LogP contribution in [0.1, 0.15) is 395 Å². The number of esters is 4. The van der Waals surface area contributed by atoms with E-state index in [1.54, 1.807) is 0 Å². The molecule has 0 aromatic heterocycles. The molecule has 0 radical (unpaired) electrons. The lowest BCUT2D eigenvalue weighted by atomic mass is 10.0. The molecule has 590 valence electrons. The Kier molecular flexibility index (Phi) is 69.1. The Labute approximate surface area is 612 Å². The molecule has 0 heterocycles. The van der Waals surface area contributed by atoms with Crippen molar-refractivity contribution in [2.45, 2.75) is 414 Å². The highest BCUT2D eigenvalue weighted by molar-refractivity contribution is 7.47. The van der Waals surface area contributed by atoms with E-state index in [1.807, 2.05) is 0 Å². The first-order valence-corrected chi connectivity index (χ1v) is 44.2. The van der Waals surface area contributed by atoms with Crippen molar-refractivity contribution in [3.63, 3.8) is 0 Å². The Morgan fingerprint density at radius 1 is 0.310 bits per heavy atom. The van der Waals surface area contributed by atoms with Crippen LogP contribution in [0.15, 0.2) is 24.3 Å². The highest BCUT2D eigenvalue weighted by Gasteiger charge is 2.30. The molecular weight excluding hydrogens is 1310 g/mol. The molecule has 0 rings (SSSR count). The van der Waals surface area contributed by atoms with Crippen molar-refractivity contribution >= 4 is 39.5 Å². The predicted octanol–water partition coefficient (Wildman–Crippen LogP) is 23.7. The van der Waals surface area contributed by atoms with E-state index in [0.29, 0.717) is 25.7 Å². The summed E-state index contributed by atoms with van der Waals surface area (Å²) in [4.78, 5) is 73.0. The number of carbonyl (C=O) groups is 4. The first kappa shape index (κ1) is 97.5. The Bertz CT molecular complexity index is 2030. The maximum absolute atomic E-state index is 13.1. The fourth-order valence-corrected chi connectivity index (χ4v) is 13.5. The van der Waals surface area contributed by atoms with E-state index in [4.69, 9.17) is 37.0 Å². The average molecular weight is 1460 g/mol. The Hall–Kier alpha value is -2.46. The molecule has 0 saturated carbocycles. The second kappa shape index (κ2) is 70.8. The smallest absolute Gasteiger partial charge is 0.462 e. The van der Waals surface area contributed by atoms with Crippen LogP contribution < -0.4 is 0 Å². The zero-order chi connectivity index (χ0) is 73.7. The van der Waals surface area contributed by atoms with Gasteiger partial charge in [-0.2, -0.15) is 0 Å². The van der Waals surface area contributed by atoms with Gasteiger partial charge < -0.3 is 33.8 Å². The SMILES string of the molecule is CCCCCC/C=C\C=C/CCCCCCCC(=O)O[C@H](COC(=O)CCCCCCCCCCCC(C)C)COP(=O)(O)OC[C@H](O)COP(=O)(O)OC[C@@H](COC(=O)CCCCCCCCCCCCCCCC(C)C)OC(=O)CCCCCCCCCCCCCCCCC(C)C. The number of hydrogen-bond donors (Lipinski definition) is 3. The second-order valence-electron chi connectivity index (χ2n) is 29.9. The van der Waals surface area contributed by atoms with Gasteiger partial charge in [0.15, 0.2) is 12.2 Å². The van der Waals surface area contributed by atoms with Gasteiger partial charge in [0.1, 0.15) is 19.3 Å². The first-order valence-electron chi connectivity index (χ1n) is 41.2. The molecule has 17 nitrogen and oxygen atoms in total. The number of hydrogen-bond acceptors (Lipinski definition) is 15. The van der Waals surface area contributed by atoms with Crippen molar-refractivity contribution in [3.05, 3.63) is 24.3 Å². The van der Waals surface area contributed by atoms with Gasteiger partial charge in [-0.3, -0.25) is 37.3 Å². The minimum Gasteiger partial charge on any atom is -0.462 e. The number of phosphoric ester groups is 2. The fourth-order valence-electron chi connectivity index (χ4n) is 11.9. The van der Waals surface area contributed by atoms with Crippen LogP contribution in [0.25, 0.3) is 0 Å². The predicted molar refractivity (Wildman–Crippen MR) is 409 cm³/mol. The van der Waals surface area contributed by atoms with Crippen LogP contribution >= 0.6 is 15.6 Å². The van der Waals surface area contributed by atoms with E-state index in [2.05, 4.69) is 72.8 Å². The number of ether oxygens (including phenoxy) is 4. The normalized spacial score (nSPS) is 14.1. The maximum atomic E-state index is 13.1. The number of unbranched alkanes of at least 4 members (excludes halogenated alkanes) is 42. The molecule has 0 saturated heterocycles. The van der Waals surface area contributed by atoms with Gasteiger partial charge in [-0.05, 0) is 69.1 Å². The van der Waals surface area contributed by atoms with Crippen molar-refractivity contribution in [2.75, 3.05) is 39.6 Å². The molecule has 0 bridgehead atoms. The largest absolute Gasteiger partial charge is 0.472 e. The summed E-state index contributed by atoms with van der Waals surface area (Å²) < 4.78 is 68.7. The highest BCUT2D eigenvalue weighted by atomic mass is 31.2. The van der Waals surface area contributed by atoms with Gasteiger partial charge in [0, 0.05) is 25.7 Å². The van der Waals surface area contributed by atoms with Crippen LogP contribution in [-0.2, 0) is 65.4 Å². The molecule has 0 aromatic rings. The lowest BCUT2D eigenvalue weighted by molar-refractivity contribution is -0.161. The summed E-state index contributed by atoms with van der Waals surface area (Å²) >= 11 is 0. The first-order chi connectivity index (χ1) is 48.2. The van der Waals surface area contributed by atoms with Crippen molar-refractivity contribution in [1.29, 1.82) is 0 Å². The van der Waals surface area contributed by atoms with Crippen LogP contribution in [0.3, 0.4) is 0 Å². The van der Waals surface area contributed by atoms with E-state index in [-0.39, 0.29) is 25.7 Å². The highest BCUT2D eigenvalue weighted by Crippen LogP contribution is 2.45. The van der Waals surface area contributed by atoms with Crippen LogP contribution in [0, 0.1) is 17.8 Å². The van der Waals surface area contributed by atoms with Gasteiger partial charge in [-0.1, -0.05) is 342 Å². The summed E-state index contributed by atoms with van der Waals surface area (Å²) in [6.07, 6.45) is 61.8. The van der Waals surface area contributed by atoms with Crippen molar-refractivity contribution in [2.24, 2.45) is 17.8 Å². The molecule has 0 spiro atoms. The topological polar surface area (TPSA) is 237 Å². The molecule has 0 aliphatic carbocycles. The molecule has 100 heavy (non-hydrogen) atoms. The summed E-state index contributed by atoms with van der Waals surface area (Å²) in [6.45, 7) is 11.9. The lowest BCUT2D eigenvalue weighted by Crippen LogP contribution is -2.30. The summed E-state index contributed by atoms with van der Waals surface area (Å²) in [7, 11) is -9.93. The van der Waals surface area contributed by atoms with Crippen LogP contribution in [0.2, 0.25) is 0 Å². The van der Waals surface area contributed by atoms with Gasteiger partial charge in [0.25, 0.3) is 0 Å². The van der Waals surface area contributed by atoms with Crippen LogP contribution in [-0.4, -0.2) is 96.7 Å². The van der Waals surface area contributed by atoms with Crippen LogP contribution in [0.5, 0.6) is 0 Å². The summed E-state index contributed by atoms with van der Waals surface area (Å²) in [5, 5.41) is 10.6. The van der Waals surface area contributed by atoms with Gasteiger partial charge in [0.2, 0.25) is 0 Å². The average Bonchev–Trinajstić information content (AvgIpc) is 1.17. The Balaban J connectivity index is 5.30. The van der Waals surface area contributed by atoms with Crippen molar-refractivity contribution in [3.8, 4) is 0 Å². The molecule has 3 N–H and O–H groups in total. The zero-order valence-corrected chi connectivity index (χ0v) is 66.9. The zero-order valence-electron chi connectivity index (χ0n) is 65.2. The molecule has 5 atom stereocenters. The molecule has 0 aliphatic rings. The summed E-state index contributed by atoms with van der Waals surface area (Å²) in [6, 6.07) is 0. The molecular formula is C81H154O17P2.